The highest BCUT2D eigenvalue weighted by atomic mass is 32.1. The number of urea groups is 1. The van der Waals surface area contributed by atoms with Crippen LogP contribution in [0.4, 0.5) is 16.2 Å². The first-order valence-electron chi connectivity index (χ1n) is 8.20. The zero-order chi connectivity index (χ0) is 18.2. The molecule has 25 heavy (non-hydrogen) atoms. The minimum absolute atomic E-state index is 0.102. The van der Waals surface area contributed by atoms with Crippen LogP contribution in [-0.2, 0) is 6.54 Å². The van der Waals surface area contributed by atoms with Gasteiger partial charge in [-0.25, -0.2) is 4.79 Å². The fourth-order valence-corrected chi connectivity index (χ4v) is 2.41. The van der Waals surface area contributed by atoms with E-state index in [9.17, 15) is 4.79 Å². The second-order valence-corrected chi connectivity index (χ2v) is 6.54. The Hall–Kier alpha value is -2.60. The molecule has 2 amide bonds. The van der Waals surface area contributed by atoms with Crippen molar-refractivity contribution in [1.82, 2.24) is 10.6 Å². The Morgan fingerprint density at radius 3 is 2.40 bits per heavy atom. The molecule has 0 spiro atoms. The second-order valence-electron chi connectivity index (χ2n) is 6.13. The van der Waals surface area contributed by atoms with E-state index in [0.29, 0.717) is 11.7 Å². The first-order chi connectivity index (χ1) is 11.9. The van der Waals surface area contributed by atoms with Crippen molar-refractivity contribution in [1.29, 1.82) is 0 Å². The summed E-state index contributed by atoms with van der Waals surface area (Å²) in [7, 11) is 0. The average Bonchev–Trinajstić information content (AvgIpc) is 2.53. The van der Waals surface area contributed by atoms with E-state index in [4.69, 9.17) is 12.2 Å². The molecule has 0 atom stereocenters. The Kier molecular flexibility index (Phi) is 6.77. The monoisotopic (exact) mass is 356 g/mol. The Bertz CT molecular complexity index is 728. The summed E-state index contributed by atoms with van der Waals surface area (Å²) in [6.45, 7) is 6.48. The molecule has 2 rings (SSSR count). The predicted molar refractivity (Wildman–Crippen MR) is 108 cm³/mol. The largest absolute Gasteiger partial charge is 0.358 e. The molecule has 0 bridgehead atoms. The van der Waals surface area contributed by atoms with Crippen molar-refractivity contribution >= 4 is 34.7 Å². The van der Waals surface area contributed by atoms with Crippen LogP contribution in [0.1, 0.15) is 25.0 Å². The van der Waals surface area contributed by atoms with Crippen LogP contribution >= 0.6 is 12.2 Å². The van der Waals surface area contributed by atoms with Crippen molar-refractivity contribution in [3.8, 4) is 0 Å². The van der Waals surface area contributed by atoms with Crippen molar-refractivity contribution in [3.05, 3.63) is 59.7 Å². The fraction of sp³-hybridized carbons (Fsp3) is 0.263. The maximum atomic E-state index is 11.7. The molecule has 0 aliphatic rings. The van der Waals surface area contributed by atoms with Crippen LogP contribution in [0.5, 0.6) is 0 Å². The van der Waals surface area contributed by atoms with Gasteiger partial charge in [-0.1, -0.05) is 24.3 Å². The lowest BCUT2D eigenvalue weighted by Gasteiger charge is -2.12. The van der Waals surface area contributed by atoms with E-state index >= 15 is 0 Å². The van der Waals surface area contributed by atoms with E-state index in [0.717, 1.165) is 16.9 Å². The zero-order valence-electron chi connectivity index (χ0n) is 14.7. The summed E-state index contributed by atoms with van der Waals surface area (Å²) in [6, 6.07) is 15.6. The van der Waals surface area contributed by atoms with Crippen molar-refractivity contribution < 1.29 is 4.79 Å². The Morgan fingerprint density at radius 1 is 1.04 bits per heavy atom. The van der Waals surface area contributed by atoms with E-state index in [1.807, 2.05) is 69.3 Å². The van der Waals surface area contributed by atoms with Crippen LogP contribution in [0.25, 0.3) is 0 Å². The van der Waals surface area contributed by atoms with Crippen LogP contribution < -0.4 is 21.3 Å². The number of hydrogen-bond donors (Lipinski definition) is 4. The number of carbonyl (C=O) groups excluding carboxylic acids is 1. The van der Waals surface area contributed by atoms with Gasteiger partial charge in [-0.05, 0) is 68.4 Å². The van der Waals surface area contributed by atoms with Gasteiger partial charge < -0.3 is 21.3 Å². The summed E-state index contributed by atoms with van der Waals surface area (Å²) in [5, 5.41) is 12.5. The van der Waals surface area contributed by atoms with Gasteiger partial charge in [-0.3, -0.25) is 0 Å². The van der Waals surface area contributed by atoms with E-state index < -0.39 is 0 Å². The van der Waals surface area contributed by atoms with Gasteiger partial charge >= 0.3 is 6.03 Å². The van der Waals surface area contributed by atoms with Crippen molar-refractivity contribution in [2.24, 2.45) is 0 Å². The molecule has 0 aromatic heterocycles. The SMILES string of the molecule is Cc1cccc(NC(=S)NCc2ccc(NC(=O)NC(C)C)cc2)c1. The number of rotatable bonds is 5. The fourth-order valence-electron chi connectivity index (χ4n) is 2.22. The van der Waals surface area contributed by atoms with Crippen LogP contribution in [0.3, 0.4) is 0 Å². The minimum Gasteiger partial charge on any atom is -0.358 e. The number of thiocarbonyl (C=S) groups is 1. The highest BCUT2D eigenvalue weighted by molar-refractivity contribution is 7.80. The maximum absolute atomic E-state index is 11.7. The maximum Gasteiger partial charge on any atom is 0.319 e. The lowest BCUT2D eigenvalue weighted by atomic mass is 10.2. The molecule has 132 valence electrons. The van der Waals surface area contributed by atoms with Crippen LogP contribution in [-0.4, -0.2) is 17.2 Å². The van der Waals surface area contributed by atoms with Crippen molar-refractivity contribution in [2.45, 2.75) is 33.4 Å². The number of amides is 2. The van der Waals surface area contributed by atoms with Gasteiger partial charge in [0.15, 0.2) is 5.11 Å². The first-order valence-corrected chi connectivity index (χ1v) is 8.61. The lowest BCUT2D eigenvalue weighted by molar-refractivity contribution is 0.250. The van der Waals surface area contributed by atoms with Crippen molar-refractivity contribution in [2.75, 3.05) is 10.6 Å². The van der Waals surface area contributed by atoms with E-state index in [2.05, 4.69) is 21.3 Å². The molecule has 0 fully saturated rings. The number of benzene rings is 2. The summed E-state index contributed by atoms with van der Waals surface area (Å²) < 4.78 is 0. The third-order valence-corrected chi connectivity index (χ3v) is 3.61. The van der Waals surface area contributed by atoms with Gasteiger partial charge in [0.05, 0.1) is 0 Å². The number of anilines is 2. The van der Waals surface area contributed by atoms with Gasteiger partial charge in [-0.2, -0.15) is 0 Å². The molecular weight excluding hydrogens is 332 g/mol. The second kappa shape index (κ2) is 9.03. The molecule has 4 N–H and O–H groups in total. The first kappa shape index (κ1) is 18.7. The molecule has 0 saturated heterocycles. The highest BCUT2D eigenvalue weighted by Crippen LogP contribution is 2.11. The molecule has 0 saturated carbocycles. The quantitative estimate of drug-likeness (QED) is 0.611. The third kappa shape index (κ3) is 6.81. The van der Waals surface area contributed by atoms with E-state index in [-0.39, 0.29) is 12.1 Å². The molecular formula is C19H24N4OS. The molecule has 0 radical (unpaired) electrons. The highest BCUT2D eigenvalue weighted by Gasteiger charge is 2.03. The molecule has 0 unspecified atom stereocenters. The number of hydrogen-bond acceptors (Lipinski definition) is 2. The number of aryl methyl sites for hydroxylation is 1. The van der Waals surface area contributed by atoms with Crippen molar-refractivity contribution in [3.63, 3.8) is 0 Å². The van der Waals surface area contributed by atoms with E-state index in [1.165, 1.54) is 5.56 Å². The standard InChI is InChI=1S/C19H24N4OS/c1-13(2)21-18(24)22-16-9-7-15(8-10-16)12-20-19(25)23-17-6-4-5-14(3)11-17/h4-11,13H,12H2,1-3H3,(H2,20,23,25)(H2,21,22,24). The normalized spacial score (nSPS) is 10.2. The summed E-state index contributed by atoms with van der Waals surface area (Å²) in [4.78, 5) is 11.7. The molecule has 0 heterocycles. The molecule has 2 aromatic carbocycles. The number of nitrogens with one attached hydrogen (secondary N) is 4. The van der Waals surface area contributed by atoms with Crippen LogP contribution in [0.2, 0.25) is 0 Å². The zero-order valence-corrected chi connectivity index (χ0v) is 15.5. The summed E-state index contributed by atoms with van der Waals surface area (Å²) in [6.07, 6.45) is 0. The van der Waals surface area contributed by atoms with Crippen LogP contribution in [0, 0.1) is 6.92 Å². The molecule has 6 heteroatoms. The topological polar surface area (TPSA) is 65.2 Å². The molecule has 5 nitrogen and oxygen atoms in total. The van der Waals surface area contributed by atoms with Gasteiger partial charge in [0.1, 0.15) is 0 Å². The predicted octanol–water partition coefficient (Wildman–Crippen LogP) is 4.01. The lowest BCUT2D eigenvalue weighted by Crippen LogP contribution is -2.34. The van der Waals surface area contributed by atoms with Gasteiger partial charge in [0, 0.05) is 24.0 Å². The summed E-state index contributed by atoms with van der Waals surface area (Å²) >= 11 is 5.31. The third-order valence-electron chi connectivity index (χ3n) is 3.36. The molecule has 0 aliphatic heterocycles. The van der Waals surface area contributed by atoms with Gasteiger partial charge in [0.25, 0.3) is 0 Å². The average molecular weight is 356 g/mol. The number of carbonyl (C=O) groups is 1. The van der Waals surface area contributed by atoms with Gasteiger partial charge in [-0.15, -0.1) is 0 Å². The summed E-state index contributed by atoms with van der Waals surface area (Å²) in [5.74, 6) is 0. The Balaban J connectivity index is 1.81. The smallest absolute Gasteiger partial charge is 0.319 e. The Labute approximate surface area is 154 Å². The molecule has 2 aromatic rings. The summed E-state index contributed by atoms with van der Waals surface area (Å²) in [5.41, 5.74) is 3.97. The van der Waals surface area contributed by atoms with Gasteiger partial charge in [0.2, 0.25) is 0 Å². The Morgan fingerprint density at radius 2 is 1.76 bits per heavy atom. The van der Waals surface area contributed by atoms with Crippen LogP contribution in [0.15, 0.2) is 48.5 Å². The van der Waals surface area contributed by atoms with E-state index in [1.54, 1.807) is 0 Å². The minimum atomic E-state index is -0.204. The molecule has 0 aliphatic carbocycles.